The minimum absolute atomic E-state index is 0.0117. The van der Waals surface area contributed by atoms with Crippen LogP contribution in [-0.2, 0) is 23.7 Å². The van der Waals surface area contributed by atoms with E-state index in [9.17, 15) is 9.59 Å². The molecule has 1 aromatic carbocycles. The molecule has 2 aliphatic rings. The minimum atomic E-state index is -0.517. The Hall–Kier alpha value is -4.87. The molecular formula is C39H60N10O6. The molecule has 0 aliphatic heterocycles. The fourth-order valence-corrected chi connectivity index (χ4v) is 5.13. The molecule has 0 saturated heterocycles. The van der Waals surface area contributed by atoms with E-state index in [1.807, 2.05) is 70.2 Å². The van der Waals surface area contributed by atoms with Crippen molar-refractivity contribution in [2.24, 2.45) is 16.9 Å². The van der Waals surface area contributed by atoms with Gasteiger partial charge in [0.05, 0.1) is 63.8 Å². The lowest BCUT2D eigenvalue weighted by atomic mass is 9.83. The van der Waals surface area contributed by atoms with Crippen LogP contribution in [0.5, 0.6) is 0 Å². The number of carbonyl (C=O) groups excluding carboxylic acids is 2. The lowest BCUT2D eigenvalue weighted by molar-refractivity contribution is -0.128. The highest BCUT2D eigenvalue weighted by Gasteiger charge is 2.29. The number of allylic oxidation sites excluding steroid dienone is 4. The molecule has 2 atom stereocenters. The second-order valence-electron chi connectivity index (χ2n) is 12.9. The van der Waals surface area contributed by atoms with Gasteiger partial charge in [0, 0.05) is 43.1 Å². The molecule has 302 valence electrons. The zero-order chi connectivity index (χ0) is 39.8. The number of anilines is 4. The molecule has 55 heavy (non-hydrogen) atoms. The van der Waals surface area contributed by atoms with Crippen LogP contribution >= 0.6 is 0 Å². The van der Waals surface area contributed by atoms with Crippen LogP contribution in [0.2, 0.25) is 0 Å². The first-order valence-electron chi connectivity index (χ1n) is 18.9. The van der Waals surface area contributed by atoms with Crippen molar-refractivity contribution in [3.05, 3.63) is 78.1 Å². The maximum absolute atomic E-state index is 12.6. The van der Waals surface area contributed by atoms with Gasteiger partial charge in [-0.1, -0.05) is 50.3 Å². The summed E-state index contributed by atoms with van der Waals surface area (Å²) < 4.78 is 22.0. The van der Waals surface area contributed by atoms with Crippen molar-refractivity contribution in [1.82, 2.24) is 25.6 Å². The van der Waals surface area contributed by atoms with Gasteiger partial charge in [-0.2, -0.15) is 15.0 Å². The van der Waals surface area contributed by atoms with E-state index in [2.05, 4.69) is 41.5 Å². The van der Waals surface area contributed by atoms with Gasteiger partial charge in [-0.25, -0.2) is 0 Å². The first-order chi connectivity index (χ1) is 26.7. The van der Waals surface area contributed by atoms with Crippen molar-refractivity contribution in [2.45, 2.75) is 46.1 Å². The highest BCUT2D eigenvalue weighted by Crippen LogP contribution is 2.27. The summed E-state index contributed by atoms with van der Waals surface area (Å²) in [5.74, 6) is 0.794. The highest BCUT2D eigenvalue weighted by molar-refractivity contribution is 5.94. The summed E-state index contributed by atoms with van der Waals surface area (Å²) in [6.45, 7) is 13.0. The fraction of sp³-hybridized carbons (Fsp3) is 0.513. The Morgan fingerprint density at radius 1 is 0.745 bits per heavy atom. The van der Waals surface area contributed by atoms with Crippen molar-refractivity contribution in [2.75, 3.05) is 95.0 Å². The third kappa shape index (κ3) is 16.6. The maximum Gasteiger partial charge on any atom is 0.251 e. The van der Waals surface area contributed by atoms with Crippen LogP contribution in [0.15, 0.2) is 72.5 Å². The molecular weight excluding hydrogens is 704 g/mol. The molecule has 0 bridgehead atoms. The van der Waals surface area contributed by atoms with Crippen LogP contribution in [0, 0.1) is 5.41 Å². The third-order valence-corrected chi connectivity index (χ3v) is 8.21. The van der Waals surface area contributed by atoms with E-state index in [-0.39, 0.29) is 11.8 Å². The highest BCUT2D eigenvalue weighted by atomic mass is 16.5. The van der Waals surface area contributed by atoms with Crippen LogP contribution in [0.3, 0.4) is 0 Å². The molecule has 0 saturated carbocycles. The Morgan fingerprint density at radius 2 is 1.36 bits per heavy atom. The van der Waals surface area contributed by atoms with Crippen LogP contribution in [0.1, 0.15) is 50.9 Å². The molecule has 2 aliphatic carbocycles. The Bertz CT molecular complexity index is 1590. The molecule has 0 spiro atoms. The van der Waals surface area contributed by atoms with Crippen LogP contribution in [-0.4, -0.2) is 111 Å². The molecule has 0 radical (unpaired) electrons. The van der Waals surface area contributed by atoms with Gasteiger partial charge in [0.1, 0.15) is 0 Å². The molecule has 2 unspecified atom stereocenters. The molecule has 9 N–H and O–H groups in total. The second kappa shape index (κ2) is 24.5. The number of benzene rings is 1. The molecule has 16 nitrogen and oxygen atoms in total. The lowest BCUT2D eigenvalue weighted by Crippen LogP contribution is -2.39. The topological polar surface area (TPSA) is 222 Å². The average molecular weight is 765 g/mol. The number of rotatable bonds is 24. The maximum atomic E-state index is 12.6. The molecule has 2 aromatic rings. The van der Waals surface area contributed by atoms with E-state index < -0.39 is 11.0 Å². The molecule has 16 heteroatoms. The zero-order valence-electron chi connectivity index (χ0n) is 32.7. The normalized spacial score (nSPS) is 18.5. The molecule has 0 fully saturated rings. The second-order valence-corrected chi connectivity index (χ2v) is 12.9. The predicted molar refractivity (Wildman–Crippen MR) is 216 cm³/mol. The van der Waals surface area contributed by atoms with Crippen molar-refractivity contribution >= 4 is 35.3 Å². The van der Waals surface area contributed by atoms with E-state index in [1.54, 1.807) is 24.3 Å². The van der Waals surface area contributed by atoms with Crippen LogP contribution < -0.4 is 38.1 Å². The van der Waals surface area contributed by atoms with Gasteiger partial charge in [0.15, 0.2) is 0 Å². The molecule has 2 amide bonds. The quantitative estimate of drug-likeness (QED) is 0.0762. The first kappa shape index (κ1) is 44.5. The first-order valence-corrected chi connectivity index (χ1v) is 18.9. The summed E-state index contributed by atoms with van der Waals surface area (Å²) in [6, 6.07) is 6.98. The minimum Gasteiger partial charge on any atom is -0.399 e. The summed E-state index contributed by atoms with van der Waals surface area (Å²) in [7, 11) is 0. The van der Waals surface area contributed by atoms with E-state index >= 15 is 0 Å². The number of amides is 2. The smallest absolute Gasteiger partial charge is 0.251 e. The Morgan fingerprint density at radius 3 is 1.98 bits per heavy atom. The Kier molecular flexibility index (Phi) is 19.8. The zero-order valence-corrected chi connectivity index (χ0v) is 32.7. The number of hydrogen-bond acceptors (Lipinski definition) is 14. The average Bonchev–Trinajstić information content (AvgIpc) is 3.19. The van der Waals surface area contributed by atoms with E-state index in [0.717, 1.165) is 0 Å². The van der Waals surface area contributed by atoms with Crippen LogP contribution in [0.4, 0.5) is 23.5 Å². The van der Waals surface area contributed by atoms with Crippen LogP contribution in [0.25, 0.3) is 0 Å². The van der Waals surface area contributed by atoms with Gasteiger partial charge >= 0.3 is 0 Å². The van der Waals surface area contributed by atoms with Gasteiger partial charge < -0.3 is 57.0 Å². The molecule has 4 rings (SSSR count). The number of aromatic nitrogens is 3. The SMILES string of the molecule is CC.CC1(Nc2nc(NCCOCCOCCNC(=O)C3(C)C=CC=CC3)nc(Nc3ccc(C(=O)NCCOCCOCCN)cc3)n2)C=CC(N)=CC1. The van der Waals surface area contributed by atoms with Gasteiger partial charge in [-0.05, 0) is 57.0 Å². The van der Waals surface area contributed by atoms with Gasteiger partial charge in [-0.3, -0.25) is 9.59 Å². The largest absolute Gasteiger partial charge is 0.399 e. The monoisotopic (exact) mass is 764 g/mol. The van der Waals surface area contributed by atoms with Gasteiger partial charge in [0.2, 0.25) is 23.8 Å². The number of nitrogens with one attached hydrogen (secondary N) is 5. The number of nitrogens with zero attached hydrogens (tertiary/aromatic N) is 3. The summed E-state index contributed by atoms with van der Waals surface area (Å²) >= 11 is 0. The summed E-state index contributed by atoms with van der Waals surface area (Å²) in [4.78, 5) is 38.8. The number of ether oxygens (including phenoxy) is 4. The standard InChI is InChI=1S/C37H54N10O6.C2H6/c1-36(12-4-3-5-13-36)32(49)41-18-22-52-26-27-53-23-19-42-33-44-34(46-35(45-33)47-37(2)14-10-29(39)11-15-37)43-30-8-6-28(7-9-30)31(48)40-17-21-51-25-24-50-20-16-38;1-2/h3-12,14H,13,15-27,38-39H2,1-2H3,(H,40,48)(H,41,49)(H3,42,43,44,45,46,47);1-2H3. The summed E-state index contributed by atoms with van der Waals surface area (Å²) in [6.07, 6.45) is 14.9. The molecule has 1 heterocycles. The van der Waals surface area contributed by atoms with Crippen molar-refractivity contribution in [3.8, 4) is 0 Å². The number of nitrogens with two attached hydrogens (primary N) is 2. The third-order valence-electron chi connectivity index (χ3n) is 8.21. The van der Waals surface area contributed by atoms with E-state index in [1.165, 1.54) is 0 Å². The van der Waals surface area contributed by atoms with Crippen molar-refractivity contribution in [1.29, 1.82) is 0 Å². The lowest BCUT2D eigenvalue weighted by Gasteiger charge is -2.29. The molecule has 1 aromatic heterocycles. The van der Waals surface area contributed by atoms with E-state index in [0.29, 0.717) is 127 Å². The van der Waals surface area contributed by atoms with Crippen molar-refractivity contribution in [3.63, 3.8) is 0 Å². The summed E-state index contributed by atoms with van der Waals surface area (Å²) in [5.41, 5.74) is 12.2. The summed E-state index contributed by atoms with van der Waals surface area (Å²) in [5, 5.41) is 15.6. The van der Waals surface area contributed by atoms with Gasteiger partial charge in [0.25, 0.3) is 5.91 Å². The number of carbonyl (C=O) groups is 2. The Labute approximate surface area is 325 Å². The van der Waals surface area contributed by atoms with E-state index in [4.69, 9.17) is 30.4 Å². The Balaban J connectivity index is 0.00000399. The van der Waals surface area contributed by atoms with Crippen molar-refractivity contribution < 1.29 is 28.5 Å². The van der Waals surface area contributed by atoms with Gasteiger partial charge in [-0.15, -0.1) is 0 Å². The predicted octanol–water partition coefficient (Wildman–Crippen LogP) is 3.42. The number of hydrogen-bond donors (Lipinski definition) is 7. The fourth-order valence-electron chi connectivity index (χ4n) is 5.13.